The summed E-state index contributed by atoms with van der Waals surface area (Å²) in [5.74, 6) is -1.06. The number of rotatable bonds is 5. The number of hydrogen-bond acceptors (Lipinski definition) is 4. The van der Waals surface area contributed by atoms with Crippen LogP contribution in [0.25, 0.3) is 11.0 Å². The number of carbonyl (C=O) groups is 1. The van der Waals surface area contributed by atoms with Crippen molar-refractivity contribution in [2.24, 2.45) is 0 Å². The molecule has 0 unspecified atom stereocenters. The van der Waals surface area contributed by atoms with E-state index in [9.17, 15) is 13.2 Å². The fourth-order valence-corrected chi connectivity index (χ4v) is 2.72. The maximum absolute atomic E-state index is 11.9. The highest BCUT2D eigenvalue weighted by molar-refractivity contribution is 7.89. The van der Waals surface area contributed by atoms with Crippen LogP contribution in [0.4, 0.5) is 0 Å². The van der Waals surface area contributed by atoms with Crippen LogP contribution in [0.15, 0.2) is 29.4 Å². The first-order valence-corrected chi connectivity index (χ1v) is 6.62. The Morgan fingerprint density at radius 2 is 2.28 bits per heavy atom. The molecule has 0 aromatic carbocycles. The number of sulfonamides is 1. The Hall–Kier alpha value is -1.93. The number of fused-ring (bicyclic) bond motifs is 1. The number of carboxylic acid groups (broad SMARTS) is 1. The summed E-state index contributed by atoms with van der Waals surface area (Å²) in [4.78, 5) is 17.1. The second-order valence-corrected chi connectivity index (χ2v) is 5.33. The van der Waals surface area contributed by atoms with Gasteiger partial charge in [-0.3, -0.25) is 4.79 Å². The molecule has 0 fully saturated rings. The van der Waals surface area contributed by atoms with Crippen molar-refractivity contribution in [3.8, 4) is 0 Å². The van der Waals surface area contributed by atoms with Gasteiger partial charge in [0.15, 0.2) is 0 Å². The SMILES string of the molecule is O=C(O)CCNS(=O)(=O)c1c[nH]c2ncccc12. The molecule has 0 amide bonds. The highest BCUT2D eigenvalue weighted by Crippen LogP contribution is 2.20. The van der Waals surface area contributed by atoms with Crippen molar-refractivity contribution in [2.45, 2.75) is 11.3 Å². The normalized spacial score (nSPS) is 11.8. The Kier molecular flexibility index (Phi) is 3.30. The molecule has 96 valence electrons. The van der Waals surface area contributed by atoms with E-state index >= 15 is 0 Å². The average molecular weight is 269 g/mol. The third-order valence-corrected chi connectivity index (χ3v) is 3.83. The van der Waals surface area contributed by atoms with Crippen LogP contribution in [0.2, 0.25) is 0 Å². The topological polar surface area (TPSA) is 112 Å². The van der Waals surface area contributed by atoms with Crippen molar-refractivity contribution in [1.82, 2.24) is 14.7 Å². The van der Waals surface area contributed by atoms with Crippen LogP contribution in [-0.2, 0) is 14.8 Å². The zero-order valence-corrected chi connectivity index (χ0v) is 10.1. The maximum Gasteiger partial charge on any atom is 0.304 e. The van der Waals surface area contributed by atoms with Crippen molar-refractivity contribution >= 4 is 27.0 Å². The summed E-state index contributed by atoms with van der Waals surface area (Å²) in [7, 11) is -3.72. The van der Waals surface area contributed by atoms with Gasteiger partial charge in [0.05, 0.1) is 6.42 Å². The Morgan fingerprint density at radius 1 is 1.50 bits per heavy atom. The minimum absolute atomic E-state index is 0.0657. The van der Waals surface area contributed by atoms with Crippen LogP contribution in [0.1, 0.15) is 6.42 Å². The lowest BCUT2D eigenvalue weighted by atomic mass is 10.3. The predicted molar refractivity (Wildman–Crippen MR) is 63.5 cm³/mol. The molecule has 2 rings (SSSR count). The number of aromatic amines is 1. The first-order valence-electron chi connectivity index (χ1n) is 5.14. The van der Waals surface area contributed by atoms with Crippen molar-refractivity contribution in [1.29, 1.82) is 0 Å². The quantitative estimate of drug-likeness (QED) is 0.723. The smallest absolute Gasteiger partial charge is 0.304 e. The summed E-state index contributed by atoms with van der Waals surface area (Å²) in [5.41, 5.74) is 0.469. The van der Waals surface area contributed by atoms with Crippen molar-refractivity contribution in [3.63, 3.8) is 0 Å². The molecule has 0 aliphatic heterocycles. The van der Waals surface area contributed by atoms with E-state index in [2.05, 4.69) is 14.7 Å². The number of aliphatic carboxylic acids is 1. The van der Waals surface area contributed by atoms with E-state index in [0.29, 0.717) is 11.0 Å². The number of carboxylic acids is 1. The molecule has 18 heavy (non-hydrogen) atoms. The van der Waals surface area contributed by atoms with Gasteiger partial charge in [-0.05, 0) is 12.1 Å². The number of hydrogen-bond donors (Lipinski definition) is 3. The van der Waals surface area contributed by atoms with Gasteiger partial charge in [-0.1, -0.05) is 0 Å². The maximum atomic E-state index is 11.9. The van der Waals surface area contributed by atoms with E-state index in [-0.39, 0.29) is 17.9 Å². The van der Waals surface area contributed by atoms with Gasteiger partial charge >= 0.3 is 5.97 Å². The molecule has 0 aliphatic rings. The minimum atomic E-state index is -3.72. The first-order chi connectivity index (χ1) is 8.50. The molecule has 2 aromatic heterocycles. The molecule has 0 bridgehead atoms. The standard InChI is InChI=1S/C10H11N3O4S/c14-9(15)3-5-13-18(16,17)8-6-12-10-7(8)2-1-4-11-10/h1-2,4,6,13H,3,5H2,(H,11,12)(H,14,15). The molecule has 7 nitrogen and oxygen atoms in total. The van der Waals surface area contributed by atoms with Crippen LogP contribution in [0.5, 0.6) is 0 Å². The molecule has 0 atom stereocenters. The second-order valence-electron chi connectivity index (χ2n) is 3.59. The molecule has 0 radical (unpaired) electrons. The third kappa shape index (κ3) is 2.49. The lowest BCUT2D eigenvalue weighted by Crippen LogP contribution is -2.26. The number of nitrogens with one attached hydrogen (secondary N) is 2. The van der Waals surface area contributed by atoms with Gasteiger partial charge in [0.1, 0.15) is 10.5 Å². The van der Waals surface area contributed by atoms with Crippen molar-refractivity contribution in [3.05, 3.63) is 24.5 Å². The Balaban J connectivity index is 2.27. The van der Waals surface area contributed by atoms with E-state index in [4.69, 9.17) is 5.11 Å². The van der Waals surface area contributed by atoms with Crippen molar-refractivity contribution in [2.75, 3.05) is 6.54 Å². The lowest BCUT2D eigenvalue weighted by molar-refractivity contribution is -0.136. The molecular formula is C10H11N3O4S. The molecule has 2 aromatic rings. The zero-order valence-electron chi connectivity index (χ0n) is 9.25. The van der Waals surface area contributed by atoms with Crippen LogP contribution < -0.4 is 4.72 Å². The monoisotopic (exact) mass is 269 g/mol. The van der Waals surface area contributed by atoms with E-state index < -0.39 is 16.0 Å². The van der Waals surface area contributed by atoms with Crippen molar-refractivity contribution < 1.29 is 18.3 Å². The molecule has 3 N–H and O–H groups in total. The van der Waals surface area contributed by atoms with Gasteiger partial charge in [-0.2, -0.15) is 0 Å². The van der Waals surface area contributed by atoms with Crippen LogP contribution in [-0.4, -0.2) is 36.0 Å². The average Bonchev–Trinajstić information content (AvgIpc) is 2.72. The number of pyridine rings is 1. The summed E-state index contributed by atoms with van der Waals surface area (Å²) in [6.45, 7) is -0.148. The van der Waals surface area contributed by atoms with Gasteiger partial charge in [0.25, 0.3) is 0 Å². The van der Waals surface area contributed by atoms with Gasteiger partial charge < -0.3 is 10.1 Å². The van der Waals surface area contributed by atoms with Gasteiger partial charge in [0.2, 0.25) is 10.0 Å². The van der Waals surface area contributed by atoms with Gasteiger partial charge in [0, 0.05) is 24.3 Å². The van der Waals surface area contributed by atoms with E-state index in [1.54, 1.807) is 18.3 Å². The highest BCUT2D eigenvalue weighted by Gasteiger charge is 2.18. The molecule has 2 heterocycles. The molecule has 0 spiro atoms. The number of H-pyrrole nitrogens is 1. The lowest BCUT2D eigenvalue weighted by Gasteiger charge is -2.03. The summed E-state index contributed by atoms with van der Waals surface area (Å²) < 4.78 is 26.1. The summed E-state index contributed by atoms with van der Waals surface area (Å²) in [5, 5.41) is 8.93. The van der Waals surface area contributed by atoms with Gasteiger partial charge in [-0.25, -0.2) is 18.1 Å². The molecule has 0 saturated carbocycles. The highest BCUT2D eigenvalue weighted by atomic mass is 32.2. The first kappa shape index (κ1) is 12.5. The van der Waals surface area contributed by atoms with Gasteiger partial charge in [-0.15, -0.1) is 0 Å². The van der Waals surface area contributed by atoms with Crippen LogP contribution >= 0.6 is 0 Å². The molecule has 0 saturated heterocycles. The molecule has 0 aliphatic carbocycles. The summed E-state index contributed by atoms with van der Waals surface area (Å²) >= 11 is 0. The summed E-state index contributed by atoms with van der Waals surface area (Å²) in [6, 6.07) is 3.26. The number of aromatic nitrogens is 2. The third-order valence-electron chi connectivity index (χ3n) is 2.33. The zero-order chi connectivity index (χ0) is 13.2. The van der Waals surface area contributed by atoms with Crippen LogP contribution in [0, 0.1) is 0 Å². The number of nitrogens with zero attached hydrogens (tertiary/aromatic N) is 1. The van der Waals surface area contributed by atoms with Crippen LogP contribution in [0.3, 0.4) is 0 Å². The summed E-state index contributed by atoms with van der Waals surface area (Å²) in [6.07, 6.45) is 2.62. The molecule has 8 heteroatoms. The van der Waals surface area contributed by atoms with E-state index in [1.165, 1.54) is 6.20 Å². The second kappa shape index (κ2) is 4.75. The predicted octanol–water partition coefficient (Wildman–Crippen LogP) is 0.316. The van der Waals surface area contributed by atoms with E-state index in [1.807, 2.05) is 0 Å². The Morgan fingerprint density at radius 3 is 3.00 bits per heavy atom. The Bertz CT molecular complexity index is 677. The largest absolute Gasteiger partial charge is 0.481 e. The fraction of sp³-hybridized carbons (Fsp3) is 0.200. The van der Waals surface area contributed by atoms with E-state index in [0.717, 1.165) is 0 Å². The fourth-order valence-electron chi connectivity index (χ4n) is 1.52. The Labute approximate surface area is 103 Å². The molecular weight excluding hydrogens is 258 g/mol. The minimum Gasteiger partial charge on any atom is -0.481 e.